The summed E-state index contributed by atoms with van der Waals surface area (Å²) in [4.78, 5) is 21.2. The number of carbonyl (C=O) groups is 1. The van der Waals surface area contributed by atoms with Crippen molar-refractivity contribution >= 4 is 11.9 Å². The Balaban J connectivity index is 1.79. The smallest absolute Gasteiger partial charge is 0.352 e. The standard InChI is InChI=1S/C13H15F3N4O/c14-13(15,16)10-5-6-17-12(19-10)20-7-1-2-9(20)11(21)18-8-3-4-8/h5-6,8-9H,1-4,7H2,(H,18,21)/t9-/m0/s1. The molecule has 1 atom stereocenters. The first-order chi connectivity index (χ1) is 9.95. The number of alkyl halides is 3. The van der Waals surface area contributed by atoms with Gasteiger partial charge in [0.25, 0.3) is 0 Å². The maximum absolute atomic E-state index is 12.7. The summed E-state index contributed by atoms with van der Waals surface area (Å²) >= 11 is 0. The van der Waals surface area contributed by atoms with Gasteiger partial charge in [-0.3, -0.25) is 4.79 Å². The van der Waals surface area contributed by atoms with E-state index in [0.717, 1.165) is 31.5 Å². The Kier molecular flexibility index (Phi) is 3.46. The predicted molar refractivity (Wildman–Crippen MR) is 68.6 cm³/mol. The summed E-state index contributed by atoms with van der Waals surface area (Å²) in [7, 11) is 0. The molecule has 0 unspecified atom stereocenters. The molecule has 1 aliphatic heterocycles. The van der Waals surface area contributed by atoms with Gasteiger partial charge in [0.2, 0.25) is 11.9 Å². The zero-order valence-corrected chi connectivity index (χ0v) is 11.2. The van der Waals surface area contributed by atoms with Gasteiger partial charge in [-0.05, 0) is 31.7 Å². The largest absolute Gasteiger partial charge is 0.433 e. The molecule has 1 N–H and O–H groups in total. The van der Waals surface area contributed by atoms with E-state index in [-0.39, 0.29) is 17.9 Å². The summed E-state index contributed by atoms with van der Waals surface area (Å²) in [5.74, 6) is -0.172. The van der Waals surface area contributed by atoms with Crippen LogP contribution >= 0.6 is 0 Å². The van der Waals surface area contributed by atoms with Crippen molar-refractivity contribution in [1.29, 1.82) is 0 Å². The van der Waals surface area contributed by atoms with Crippen LogP contribution in [-0.4, -0.2) is 34.5 Å². The van der Waals surface area contributed by atoms with E-state index in [1.54, 1.807) is 4.90 Å². The number of anilines is 1. The van der Waals surface area contributed by atoms with E-state index in [0.29, 0.717) is 13.0 Å². The fraction of sp³-hybridized carbons (Fsp3) is 0.615. The van der Waals surface area contributed by atoms with Crippen molar-refractivity contribution in [2.45, 2.75) is 43.9 Å². The molecule has 2 fully saturated rings. The van der Waals surface area contributed by atoms with Crippen LogP contribution in [0.3, 0.4) is 0 Å². The topological polar surface area (TPSA) is 58.1 Å². The third-order valence-corrected chi connectivity index (χ3v) is 3.67. The van der Waals surface area contributed by atoms with Crippen LogP contribution in [0.5, 0.6) is 0 Å². The molecule has 1 amide bonds. The number of aromatic nitrogens is 2. The lowest BCUT2D eigenvalue weighted by atomic mass is 10.2. The van der Waals surface area contributed by atoms with Gasteiger partial charge < -0.3 is 10.2 Å². The molecule has 1 saturated heterocycles. The van der Waals surface area contributed by atoms with Gasteiger partial charge in [-0.1, -0.05) is 0 Å². The summed E-state index contributed by atoms with van der Waals surface area (Å²) in [6.07, 6.45) is -0.139. The summed E-state index contributed by atoms with van der Waals surface area (Å²) in [5, 5.41) is 2.88. The number of amides is 1. The van der Waals surface area contributed by atoms with Gasteiger partial charge in [-0.2, -0.15) is 13.2 Å². The number of hydrogen-bond acceptors (Lipinski definition) is 4. The lowest BCUT2D eigenvalue weighted by molar-refractivity contribution is -0.141. The molecule has 1 saturated carbocycles. The van der Waals surface area contributed by atoms with Crippen LogP contribution in [0.15, 0.2) is 12.3 Å². The highest BCUT2D eigenvalue weighted by molar-refractivity contribution is 5.85. The molecule has 114 valence electrons. The van der Waals surface area contributed by atoms with Crippen LogP contribution in [-0.2, 0) is 11.0 Å². The van der Waals surface area contributed by atoms with Crippen LogP contribution in [0.25, 0.3) is 0 Å². The quantitative estimate of drug-likeness (QED) is 0.924. The highest BCUT2D eigenvalue weighted by atomic mass is 19.4. The Morgan fingerprint density at radius 1 is 1.33 bits per heavy atom. The summed E-state index contributed by atoms with van der Waals surface area (Å²) in [6.45, 7) is 0.490. The molecule has 0 aromatic carbocycles. The van der Waals surface area contributed by atoms with Crippen LogP contribution in [0, 0.1) is 0 Å². The second-order valence-corrected chi connectivity index (χ2v) is 5.37. The average molecular weight is 300 g/mol. The van der Waals surface area contributed by atoms with E-state index in [2.05, 4.69) is 15.3 Å². The zero-order chi connectivity index (χ0) is 15.0. The number of hydrogen-bond donors (Lipinski definition) is 1. The minimum atomic E-state index is -4.51. The third kappa shape index (κ3) is 3.08. The summed E-state index contributed by atoms with van der Waals surface area (Å²) in [6, 6.07) is 0.579. The van der Waals surface area contributed by atoms with Gasteiger partial charge >= 0.3 is 6.18 Å². The van der Waals surface area contributed by atoms with Crippen molar-refractivity contribution in [1.82, 2.24) is 15.3 Å². The van der Waals surface area contributed by atoms with E-state index < -0.39 is 17.9 Å². The number of nitrogens with one attached hydrogen (secondary N) is 1. The van der Waals surface area contributed by atoms with E-state index in [1.807, 2.05) is 0 Å². The molecular weight excluding hydrogens is 285 g/mol. The minimum absolute atomic E-state index is 0.0294. The molecular formula is C13H15F3N4O. The molecule has 2 aliphatic rings. The second kappa shape index (κ2) is 5.16. The van der Waals surface area contributed by atoms with Crippen molar-refractivity contribution in [2.24, 2.45) is 0 Å². The van der Waals surface area contributed by atoms with Gasteiger partial charge in [0.05, 0.1) is 0 Å². The van der Waals surface area contributed by atoms with Gasteiger partial charge in [-0.15, -0.1) is 0 Å². The van der Waals surface area contributed by atoms with Gasteiger partial charge in [0, 0.05) is 18.8 Å². The molecule has 1 aliphatic carbocycles. The highest BCUT2D eigenvalue weighted by Crippen LogP contribution is 2.30. The molecule has 0 radical (unpaired) electrons. The van der Waals surface area contributed by atoms with Gasteiger partial charge in [0.15, 0.2) is 0 Å². The minimum Gasteiger partial charge on any atom is -0.352 e. The Hall–Kier alpha value is -1.86. The third-order valence-electron chi connectivity index (χ3n) is 3.67. The maximum atomic E-state index is 12.7. The fourth-order valence-electron chi connectivity index (χ4n) is 2.45. The van der Waals surface area contributed by atoms with Crippen LogP contribution < -0.4 is 10.2 Å². The lowest BCUT2D eigenvalue weighted by Crippen LogP contribution is -2.44. The number of carbonyl (C=O) groups excluding carboxylic acids is 1. The maximum Gasteiger partial charge on any atom is 0.433 e. The fourth-order valence-corrected chi connectivity index (χ4v) is 2.45. The van der Waals surface area contributed by atoms with Gasteiger partial charge in [0.1, 0.15) is 11.7 Å². The first kappa shape index (κ1) is 14.1. The molecule has 8 heteroatoms. The monoisotopic (exact) mass is 300 g/mol. The normalized spacial score (nSPS) is 22.4. The first-order valence-electron chi connectivity index (χ1n) is 6.92. The molecule has 21 heavy (non-hydrogen) atoms. The van der Waals surface area contributed by atoms with Crippen LogP contribution in [0.4, 0.5) is 19.1 Å². The molecule has 0 bridgehead atoms. The Labute approximate surface area is 119 Å². The van der Waals surface area contributed by atoms with E-state index >= 15 is 0 Å². The molecule has 2 heterocycles. The molecule has 3 rings (SSSR count). The van der Waals surface area contributed by atoms with Crippen molar-refractivity contribution in [3.8, 4) is 0 Å². The van der Waals surface area contributed by atoms with Gasteiger partial charge in [-0.25, -0.2) is 9.97 Å². The molecule has 1 aromatic rings. The highest BCUT2D eigenvalue weighted by Gasteiger charge is 2.37. The number of rotatable bonds is 3. The van der Waals surface area contributed by atoms with Crippen molar-refractivity contribution in [3.63, 3.8) is 0 Å². The zero-order valence-electron chi connectivity index (χ0n) is 11.2. The average Bonchev–Trinajstić information content (AvgIpc) is 3.10. The second-order valence-electron chi connectivity index (χ2n) is 5.37. The molecule has 5 nitrogen and oxygen atoms in total. The Morgan fingerprint density at radius 3 is 2.76 bits per heavy atom. The summed E-state index contributed by atoms with van der Waals surface area (Å²) < 4.78 is 38.1. The number of halogens is 3. The van der Waals surface area contributed by atoms with E-state index in [9.17, 15) is 18.0 Å². The van der Waals surface area contributed by atoms with E-state index in [1.165, 1.54) is 0 Å². The summed E-state index contributed by atoms with van der Waals surface area (Å²) in [5.41, 5.74) is -0.985. The first-order valence-corrected chi connectivity index (χ1v) is 6.92. The molecule has 0 spiro atoms. The SMILES string of the molecule is O=C(NC1CC1)[C@@H]1CCCN1c1nccc(C(F)(F)F)n1. The van der Waals surface area contributed by atoms with Crippen molar-refractivity contribution in [3.05, 3.63) is 18.0 Å². The van der Waals surface area contributed by atoms with Crippen molar-refractivity contribution in [2.75, 3.05) is 11.4 Å². The lowest BCUT2D eigenvalue weighted by Gasteiger charge is -2.24. The van der Waals surface area contributed by atoms with Crippen LogP contribution in [0.2, 0.25) is 0 Å². The predicted octanol–water partition coefficient (Wildman–Crippen LogP) is 1.74. The Morgan fingerprint density at radius 2 is 2.10 bits per heavy atom. The van der Waals surface area contributed by atoms with Crippen molar-refractivity contribution < 1.29 is 18.0 Å². The number of nitrogens with zero attached hydrogens (tertiary/aromatic N) is 3. The Bertz CT molecular complexity index is 544. The molecule has 1 aromatic heterocycles. The van der Waals surface area contributed by atoms with E-state index in [4.69, 9.17) is 0 Å². The van der Waals surface area contributed by atoms with Crippen LogP contribution in [0.1, 0.15) is 31.4 Å².